The van der Waals surface area contributed by atoms with Crippen LogP contribution < -0.4 is 0 Å². The molecule has 9 heteroatoms. The van der Waals surface area contributed by atoms with Crippen LogP contribution in [0.5, 0.6) is 0 Å². The molecule has 0 unspecified atom stereocenters. The summed E-state index contributed by atoms with van der Waals surface area (Å²) in [7, 11) is 0. The van der Waals surface area contributed by atoms with Gasteiger partial charge < -0.3 is 5.11 Å². The van der Waals surface area contributed by atoms with E-state index in [0.717, 1.165) is 0 Å². The average Bonchev–Trinajstić information content (AvgIpc) is 2.15. The van der Waals surface area contributed by atoms with Crippen LogP contribution in [-0.2, 0) is 6.18 Å². The topological polar surface area (TPSA) is 50.2 Å². The number of halogens is 6. The Labute approximate surface area is 89.7 Å². The van der Waals surface area contributed by atoms with Crippen molar-refractivity contribution in [2.45, 2.75) is 12.6 Å². The van der Waals surface area contributed by atoms with Crippen molar-refractivity contribution in [3.05, 3.63) is 28.8 Å². The highest BCUT2D eigenvalue weighted by Crippen LogP contribution is 2.34. The van der Waals surface area contributed by atoms with Crippen LogP contribution in [0.15, 0.2) is 6.07 Å². The first kappa shape index (κ1) is 13.3. The first-order valence-corrected chi connectivity index (χ1v) is 3.93. The molecule has 1 aromatic heterocycles. The van der Waals surface area contributed by atoms with Gasteiger partial charge in [-0.25, -0.2) is 22.9 Å². The summed E-state index contributed by atoms with van der Waals surface area (Å²) >= 11 is 0. The molecule has 1 N–H and O–H groups in total. The molecule has 1 aromatic rings. The van der Waals surface area contributed by atoms with Crippen LogP contribution in [0.2, 0.25) is 0 Å². The number of alkyl halides is 5. The van der Waals surface area contributed by atoms with Gasteiger partial charge in [-0.2, -0.15) is 13.2 Å². The summed E-state index contributed by atoms with van der Waals surface area (Å²) in [6, 6.07) is -0.135. The molecule has 0 saturated heterocycles. The molecule has 1 rings (SSSR count). The molecule has 94 valence electrons. The molecule has 0 amide bonds. The van der Waals surface area contributed by atoms with Crippen LogP contribution in [-0.4, -0.2) is 16.1 Å². The van der Waals surface area contributed by atoms with Crippen molar-refractivity contribution < 1.29 is 36.2 Å². The number of hydrogen-bond acceptors (Lipinski definition) is 2. The van der Waals surface area contributed by atoms with Crippen molar-refractivity contribution in [1.29, 1.82) is 0 Å². The Morgan fingerprint density at radius 1 is 1.35 bits per heavy atom. The number of hydrogen-bond donors (Lipinski definition) is 1. The zero-order valence-corrected chi connectivity index (χ0v) is 7.73. The maximum atomic E-state index is 13.0. The van der Waals surface area contributed by atoms with Crippen molar-refractivity contribution in [3.63, 3.8) is 0 Å². The summed E-state index contributed by atoms with van der Waals surface area (Å²) in [4.78, 5) is 13.0. The standard InChI is InChI=1S/C8H3F6NO2/c9-4-2(8(12,13)14)1-3(7(16)17)15-5(4)6(10)11/h1,6H,(H,16,17). The molecular formula is C8H3F6NO2. The normalized spacial score (nSPS) is 11.9. The number of aromatic nitrogens is 1. The van der Waals surface area contributed by atoms with Gasteiger partial charge in [0, 0.05) is 0 Å². The Bertz CT molecular complexity index is 456. The van der Waals surface area contributed by atoms with Gasteiger partial charge in [0.1, 0.15) is 11.4 Å². The van der Waals surface area contributed by atoms with Crippen molar-refractivity contribution in [3.8, 4) is 0 Å². The maximum absolute atomic E-state index is 13.0. The second-order valence-electron chi connectivity index (χ2n) is 2.86. The monoisotopic (exact) mass is 259 g/mol. The number of rotatable bonds is 2. The van der Waals surface area contributed by atoms with Crippen molar-refractivity contribution in [1.82, 2.24) is 4.98 Å². The Kier molecular flexibility index (Phi) is 3.30. The van der Waals surface area contributed by atoms with E-state index in [1.165, 1.54) is 0 Å². The third-order valence-electron chi connectivity index (χ3n) is 1.71. The van der Waals surface area contributed by atoms with Crippen LogP contribution in [0.25, 0.3) is 0 Å². The molecular weight excluding hydrogens is 256 g/mol. The minimum Gasteiger partial charge on any atom is -0.477 e. The third kappa shape index (κ3) is 2.66. The zero-order chi connectivity index (χ0) is 13.4. The predicted molar refractivity (Wildman–Crippen MR) is 41.1 cm³/mol. The Balaban J connectivity index is 3.55. The van der Waals surface area contributed by atoms with Crippen LogP contribution in [0.4, 0.5) is 26.3 Å². The maximum Gasteiger partial charge on any atom is 0.419 e. The molecule has 1 heterocycles. The molecule has 0 aliphatic carbocycles. The minimum atomic E-state index is -5.28. The van der Waals surface area contributed by atoms with E-state index in [2.05, 4.69) is 4.98 Å². The van der Waals surface area contributed by atoms with Gasteiger partial charge in [0.15, 0.2) is 5.82 Å². The van der Waals surface area contributed by atoms with Crippen molar-refractivity contribution in [2.75, 3.05) is 0 Å². The summed E-state index contributed by atoms with van der Waals surface area (Å²) in [5, 5.41) is 8.37. The number of carboxylic acids is 1. The first-order valence-electron chi connectivity index (χ1n) is 3.93. The lowest BCUT2D eigenvalue weighted by Gasteiger charge is -2.11. The van der Waals surface area contributed by atoms with Gasteiger partial charge >= 0.3 is 12.1 Å². The lowest BCUT2D eigenvalue weighted by molar-refractivity contribution is -0.140. The Morgan fingerprint density at radius 2 is 1.88 bits per heavy atom. The van der Waals surface area contributed by atoms with Crippen molar-refractivity contribution in [2.24, 2.45) is 0 Å². The summed E-state index contributed by atoms with van der Waals surface area (Å²) in [5.74, 6) is -4.23. The number of carbonyl (C=O) groups is 1. The second kappa shape index (κ2) is 4.22. The summed E-state index contributed by atoms with van der Waals surface area (Å²) in [6.45, 7) is 0. The third-order valence-corrected chi connectivity index (χ3v) is 1.71. The van der Waals surface area contributed by atoms with E-state index in [9.17, 15) is 31.1 Å². The minimum absolute atomic E-state index is 0.135. The molecule has 0 spiro atoms. The average molecular weight is 259 g/mol. The van der Waals surface area contributed by atoms with E-state index in [1.54, 1.807) is 0 Å². The zero-order valence-electron chi connectivity index (χ0n) is 7.73. The van der Waals surface area contributed by atoms with E-state index in [-0.39, 0.29) is 6.07 Å². The highest BCUT2D eigenvalue weighted by molar-refractivity contribution is 5.85. The lowest BCUT2D eigenvalue weighted by atomic mass is 10.1. The van der Waals surface area contributed by atoms with Gasteiger partial charge in [-0.15, -0.1) is 0 Å². The fourth-order valence-electron chi connectivity index (χ4n) is 1.01. The largest absolute Gasteiger partial charge is 0.477 e. The molecule has 3 nitrogen and oxygen atoms in total. The van der Waals surface area contributed by atoms with E-state index in [0.29, 0.717) is 0 Å². The molecule has 0 fully saturated rings. The number of pyridine rings is 1. The Hall–Kier alpha value is -1.80. The highest BCUT2D eigenvalue weighted by Gasteiger charge is 2.38. The quantitative estimate of drug-likeness (QED) is 0.831. The molecule has 0 saturated carbocycles. The molecule has 0 aliphatic heterocycles. The summed E-state index contributed by atoms with van der Waals surface area (Å²) < 4.78 is 74.1. The van der Waals surface area contributed by atoms with Crippen LogP contribution >= 0.6 is 0 Å². The molecule has 0 aliphatic rings. The van der Waals surface area contributed by atoms with E-state index in [4.69, 9.17) is 5.11 Å². The molecule has 0 bridgehead atoms. The SMILES string of the molecule is O=C(O)c1cc(C(F)(F)F)c(F)c(C(F)F)n1. The van der Waals surface area contributed by atoms with Gasteiger partial charge in [0.25, 0.3) is 6.43 Å². The smallest absolute Gasteiger partial charge is 0.419 e. The number of aromatic carboxylic acids is 1. The van der Waals surface area contributed by atoms with Crippen LogP contribution in [0, 0.1) is 5.82 Å². The van der Waals surface area contributed by atoms with Gasteiger partial charge in [0.2, 0.25) is 0 Å². The van der Waals surface area contributed by atoms with Gasteiger partial charge in [-0.3, -0.25) is 0 Å². The summed E-state index contributed by atoms with van der Waals surface area (Å²) in [6.07, 6.45) is -8.92. The van der Waals surface area contributed by atoms with Gasteiger partial charge in [-0.1, -0.05) is 0 Å². The Morgan fingerprint density at radius 3 is 2.24 bits per heavy atom. The van der Waals surface area contributed by atoms with Crippen LogP contribution in [0.3, 0.4) is 0 Å². The van der Waals surface area contributed by atoms with Gasteiger partial charge in [0.05, 0.1) is 5.56 Å². The highest BCUT2D eigenvalue weighted by atomic mass is 19.4. The predicted octanol–water partition coefficient (Wildman–Crippen LogP) is 2.88. The van der Waals surface area contributed by atoms with Crippen molar-refractivity contribution >= 4 is 5.97 Å². The van der Waals surface area contributed by atoms with E-state index >= 15 is 0 Å². The van der Waals surface area contributed by atoms with E-state index < -0.39 is 41.3 Å². The first-order chi connectivity index (χ1) is 7.64. The fourth-order valence-corrected chi connectivity index (χ4v) is 1.01. The molecule has 0 atom stereocenters. The number of nitrogens with zero attached hydrogens (tertiary/aromatic N) is 1. The molecule has 0 radical (unpaired) electrons. The lowest BCUT2D eigenvalue weighted by Crippen LogP contribution is -2.15. The molecule has 17 heavy (non-hydrogen) atoms. The number of carboxylic acid groups (broad SMARTS) is 1. The second-order valence-corrected chi connectivity index (χ2v) is 2.86. The summed E-state index contributed by atoms with van der Waals surface area (Å²) in [5.41, 5.74) is -5.22. The van der Waals surface area contributed by atoms with Crippen LogP contribution in [0.1, 0.15) is 28.2 Å². The fraction of sp³-hybridized carbons (Fsp3) is 0.250. The molecule has 0 aromatic carbocycles. The van der Waals surface area contributed by atoms with Gasteiger partial charge in [-0.05, 0) is 6.07 Å². The van der Waals surface area contributed by atoms with E-state index in [1.807, 2.05) is 0 Å².